The summed E-state index contributed by atoms with van der Waals surface area (Å²) in [7, 11) is 0. The van der Waals surface area contributed by atoms with E-state index in [0.717, 1.165) is 43.3 Å². The molecule has 25 heavy (non-hydrogen) atoms. The number of fused-ring (bicyclic) bond motifs is 1. The molecule has 0 spiro atoms. The molecule has 134 valence electrons. The molecule has 2 heterocycles. The molecule has 0 aliphatic carbocycles. The maximum atomic E-state index is 12.1. The van der Waals surface area contributed by atoms with Crippen molar-refractivity contribution in [3.05, 3.63) is 30.5 Å². The standard InChI is InChI=1S/C19H25N3O3/c1-3-9-22-10-8-14-12-15(6-7-16(14)22)21-19(24)18(23)20-13(2)17-5-4-11-25-17/h6-8,10,12-13,17H,3-5,9,11H2,1-2H3,(H,20,23)(H,21,24)/t13-,17-/m0/s1. The van der Waals surface area contributed by atoms with Crippen LogP contribution in [-0.2, 0) is 20.9 Å². The third-order valence-electron chi connectivity index (χ3n) is 4.58. The zero-order valence-electron chi connectivity index (χ0n) is 14.7. The van der Waals surface area contributed by atoms with E-state index in [1.807, 2.05) is 37.4 Å². The smallest absolute Gasteiger partial charge is 0.313 e. The second kappa shape index (κ2) is 7.70. The average Bonchev–Trinajstić information content (AvgIpc) is 3.25. The van der Waals surface area contributed by atoms with Crippen molar-refractivity contribution in [2.45, 2.75) is 51.8 Å². The minimum absolute atomic E-state index is 0.00793. The van der Waals surface area contributed by atoms with E-state index in [4.69, 9.17) is 4.74 Å². The van der Waals surface area contributed by atoms with Crippen molar-refractivity contribution in [2.24, 2.45) is 0 Å². The van der Waals surface area contributed by atoms with Crippen LogP contribution < -0.4 is 10.6 Å². The fourth-order valence-electron chi connectivity index (χ4n) is 3.26. The number of aryl methyl sites for hydroxylation is 1. The Bertz CT molecular complexity index is 762. The minimum atomic E-state index is -0.655. The van der Waals surface area contributed by atoms with Crippen LogP contribution in [0.15, 0.2) is 30.5 Å². The number of anilines is 1. The van der Waals surface area contributed by atoms with E-state index >= 15 is 0 Å². The van der Waals surface area contributed by atoms with Gasteiger partial charge in [-0.25, -0.2) is 0 Å². The van der Waals surface area contributed by atoms with Gasteiger partial charge in [0, 0.05) is 35.9 Å². The molecule has 2 N–H and O–H groups in total. The molecule has 1 aromatic heterocycles. The van der Waals surface area contributed by atoms with E-state index in [9.17, 15) is 9.59 Å². The summed E-state index contributed by atoms with van der Waals surface area (Å²) in [4.78, 5) is 24.2. The number of nitrogens with one attached hydrogen (secondary N) is 2. The van der Waals surface area contributed by atoms with Crippen molar-refractivity contribution < 1.29 is 14.3 Å². The zero-order valence-corrected chi connectivity index (χ0v) is 14.7. The molecule has 6 nitrogen and oxygen atoms in total. The molecule has 0 bridgehead atoms. The summed E-state index contributed by atoms with van der Waals surface area (Å²) >= 11 is 0. The summed E-state index contributed by atoms with van der Waals surface area (Å²) in [6.07, 6.45) is 5.00. The van der Waals surface area contributed by atoms with E-state index in [1.165, 1.54) is 0 Å². The lowest BCUT2D eigenvalue weighted by Gasteiger charge is -2.19. The Hall–Kier alpha value is -2.34. The van der Waals surface area contributed by atoms with Crippen molar-refractivity contribution in [3.63, 3.8) is 0 Å². The zero-order chi connectivity index (χ0) is 17.8. The fraction of sp³-hybridized carbons (Fsp3) is 0.474. The molecule has 0 unspecified atom stereocenters. The Morgan fingerprint density at radius 2 is 2.16 bits per heavy atom. The highest BCUT2D eigenvalue weighted by Gasteiger charge is 2.25. The number of amides is 2. The summed E-state index contributed by atoms with van der Waals surface area (Å²) in [5, 5.41) is 6.43. The van der Waals surface area contributed by atoms with Crippen LogP contribution >= 0.6 is 0 Å². The second-order valence-corrected chi connectivity index (χ2v) is 6.55. The van der Waals surface area contributed by atoms with Crippen LogP contribution in [0.5, 0.6) is 0 Å². The number of rotatable bonds is 5. The van der Waals surface area contributed by atoms with Crippen LogP contribution in [0.2, 0.25) is 0 Å². The summed E-state index contributed by atoms with van der Waals surface area (Å²) in [5.74, 6) is -1.29. The fourth-order valence-corrected chi connectivity index (χ4v) is 3.26. The maximum Gasteiger partial charge on any atom is 0.313 e. The van der Waals surface area contributed by atoms with Gasteiger partial charge in [-0.3, -0.25) is 9.59 Å². The third kappa shape index (κ3) is 4.02. The molecule has 6 heteroatoms. The van der Waals surface area contributed by atoms with Gasteiger partial charge in [0.15, 0.2) is 0 Å². The summed E-state index contributed by atoms with van der Waals surface area (Å²) < 4.78 is 7.71. The van der Waals surface area contributed by atoms with Crippen molar-refractivity contribution in [3.8, 4) is 0 Å². The molecule has 1 aliphatic heterocycles. The maximum absolute atomic E-state index is 12.1. The van der Waals surface area contributed by atoms with Gasteiger partial charge in [-0.1, -0.05) is 6.92 Å². The highest BCUT2D eigenvalue weighted by atomic mass is 16.5. The Kier molecular flexibility index (Phi) is 5.38. The van der Waals surface area contributed by atoms with Gasteiger partial charge < -0.3 is 19.9 Å². The number of benzene rings is 1. The molecule has 1 aromatic carbocycles. The first-order valence-electron chi connectivity index (χ1n) is 8.91. The number of hydrogen-bond donors (Lipinski definition) is 2. The second-order valence-electron chi connectivity index (χ2n) is 6.55. The lowest BCUT2D eigenvalue weighted by atomic mass is 10.1. The van der Waals surface area contributed by atoms with Gasteiger partial charge in [-0.2, -0.15) is 0 Å². The van der Waals surface area contributed by atoms with E-state index < -0.39 is 11.8 Å². The van der Waals surface area contributed by atoms with Crippen molar-refractivity contribution >= 4 is 28.4 Å². The van der Waals surface area contributed by atoms with Crippen LogP contribution in [0.3, 0.4) is 0 Å². The Balaban J connectivity index is 1.61. The average molecular weight is 343 g/mol. The number of carbonyl (C=O) groups is 2. The molecule has 0 saturated carbocycles. The predicted octanol–water partition coefficient (Wildman–Crippen LogP) is 2.67. The van der Waals surface area contributed by atoms with Crippen LogP contribution in [-0.4, -0.2) is 35.1 Å². The Morgan fingerprint density at radius 3 is 2.88 bits per heavy atom. The number of carbonyl (C=O) groups excluding carboxylic acids is 2. The summed E-state index contributed by atoms with van der Waals surface area (Å²) in [5.41, 5.74) is 1.74. The van der Waals surface area contributed by atoms with Gasteiger partial charge in [-0.15, -0.1) is 0 Å². The van der Waals surface area contributed by atoms with E-state index in [2.05, 4.69) is 22.1 Å². The normalized spacial score (nSPS) is 18.2. The quantitative estimate of drug-likeness (QED) is 0.820. The Labute approximate surface area is 147 Å². The van der Waals surface area contributed by atoms with Crippen LogP contribution in [0.4, 0.5) is 5.69 Å². The molecule has 2 amide bonds. The molecule has 3 rings (SSSR count). The molecule has 1 fully saturated rings. The number of hydrogen-bond acceptors (Lipinski definition) is 3. The Morgan fingerprint density at radius 1 is 1.32 bits per heavy atom. The first kappa shape index (κ1) is 17.5. The van der Waals surface area contributed by atoms with Gasteiger partial charge in [0.2, 0.25) is 0 Å². The summed E-state index contributed by atoms with van der Waals surface area (Å²) in [6, 6.07) is 7.51. The van der Waals surface area contributed by atoms with Crippen molar-refractivity contribution in [1.82, 2.24) is 9.88 Å². The SMILES string of the molecule is CCCn1ccc2cc(NC(=O)C(=O)N[C@@H](C)[C@@H]3CCCO3)ccc21. The van der Waals surface area contributed by atoms with Crippen molar-refractivity contribution in [2.75, 3.05) is 11.9 Å². The van der Waals surface area contributed by atoms with Crippen molar-refractivity contribution in [1.29, 1.82) is 0 Å². The van der Waals surface area contributed by atoms with Crippen LogP contribution in [0, 0.1) is 0 Å². The molecule has 2 aromatic rings. The molecule has 0 radical (unpaired) electrons. The molecule has 1 saturated heterocycles. The van der Waals surface area contributed by atoms with Crippen LogP contribution in [0.25, 0.3) is 10.9 Å². The third-order valence-corrected chi connectivity index (χ3v) is 4.58. The van der Waals surface area contributed by atoms with Gasteiger partial charge >= 0.3 is 11.8 Å². The van der Waals surface area contributed by atoms with E-state index in [-0.39, 0.29) is 12.1 Å². The topological polar surface area (TPSA) is 72.4 Å². The highest BCUT2D eigenvalue weighted by Crippen LogP contribution is 2.21. The number of nitrogens with zero attached hydrogens (tertiary/aromatic N) is 1. The first-order valence-corrected chi connectivity index (χ1v) is 8.91. The molecule has 1 aliphatic rings. The summed E-state index contributed by atoms with van der Waals surface area (Å²) in [6.45, 7) is 5.67. The highest BCUT2D eigenvalue weighted by molar-refractivity contribution is 6.39. The van der Waals surface area contributed by atoms with Gasteiger partial charge in [-0.05, 0) is 50.5 Å². The van der Waals surface area contributed by atoms with Gasteiger partial charge in [0.1, 0.15) is 0 Å². The van der Waals surface area contributed by atoms with Crippen LogP contribution in [0.1, 0.15) is 33.1 Å². The lowest BCUT2D eigenvalue weighted by molar-refractivity contribution is -0.137. The monoisotopic (exact) mass is 343 g/mol. The first-order chi connectivity index (χ1) is 12.1. The molecular weight excluding hydrogens is 318 g/mol. The van der Waals surface area contributed by atoms with E-state index in [0.29, 0.717) is 5.69 Å². The number of ether oxygens (including phenoxy) is 1. The number of aromatic nitrogens is 1. The lowest BCUT2D eigenvalue weighted by Crippen LogP contribution is -2.45. The largest absolute Gasteiger partial charge is 0.376 e. The van der Waals surface area contributed by atoms with Gasteiger partial charge in [0.05, 0.1) is 12.1 Å². The minimum Gasteiger partial charge on any atom is -0.376 e. The predicted molar refractivity (Wildman–Crippen MR) is 97.4 cm³/mol. The molecule has 2 atom stereocenters. The van der Waals surface area contributed by atoms with Gasteiger partial charge in [0.25, 0.3) is 0 Å². The molecular formula is C19H25N3O3. The van der Waals surface area contributed by atoms with E-state index in [1.54, 1.807) is 0 Å².